The van der Waals surface area contributed by atoms with Crippen LogP contribution in [-0.4, -0.2) is 0 Å². The zero-order chi connectivity index (χ0) is 9.78. The first-order valence-electron chi connectivity index (χ1n) is 4.62. The van der Waals surface area contributed by atoms with Gasteiger partial charge in [0.1, 0.15) is 0 Å². The Kier molecular flexibility index (Phi) is 9.63. The van der Waals surface area contributed by atoms with E-state index in [1.54, 1.807) is 6.08 Å². The summed E-state index contributed by atoms with van der Waals surface area (Å²) in [6.07, 6.45) is 20.8. The van der Waals surface area contributed by atoms with E-state index < -0.39 is 0 Å². The van der Waals surface area contributed by atoms with E-state index in [0.29, 0.717) is 0 Å². The molecule has 0 N–H and O–H groups in total. The van der Waals surface area contributed by atoms with Crippen molar-refractivity contribution in [2.45, 2.75) is 19.8 Å². The SMILES string of the molecule is C1=CCC=C1.C1=CCC=C1.C=CC. The van der Waals surface area contributed by atoms with Crippen molar-refractivity contribution in [2.24, 2.45) is 0 Å². The molecule has 0 nitrogen and oxygen atoms in total. The lowest BCUT2D eigenvalue weighted by Gasteiger charge is -1.57. The second kappa shape index (κ2) is 10.7. The van der Waals surface area contributed by atoms with Crippen LogP contribution in [0.4, 0.5) is 0 Å². The molecule has 0 spiro atoms. The highest BCUT2D eigenvalue weighted by atomic mass is 13.8. The predicted molar refractivity (Wildman–Crippen MR) is 61.7 cm³/mol. The zero-order valence-electron chi connectivity index (χ0n) is 8.32. The molecule has 13 heavy (non-hydrogen) atoms. The van der Waals surface area contributed by atoms with Crippen molar-refractivity contribution >= 4 is 0 Å². The van der Waals surface area contributed by atoms with Crippen molar-refractivity contribution in [3.05, 3.63) is 61.3 Å². The Balaban J connectivity index is 0.000000174. The summed E-state index contributed by atoms with van der Waals surface area (Å²) in [5, 5.41) is 0. The average Bonchev–Trinajstić information content (AvgIpc) is 2.85. The zero-order valence-corrected chi connectivity index (χ0v) is 8.32. The maximum atomic E-state index is 3.36. The van der Waals surface area contributed by atoms with Crippen LogP contribution in [0.2, 0.25) is 0 Å². The highest BCUT2D eigenvalue weighted by Crippen LogP contribution is 1.93. The molecule has 0 atom stereocenters. The minimum Gasteiger partial charge on any atom is -0.103 e. The Labute approximate surface area is 81.7 Å². The van der Waals surface area contributed by atoms with Gasteiger partial charge in [0.15, 0.2) is 0 Å². The average molecular weight is 174 g/mol. The van der Waals surface area contributed by atoms with Crippen LogP contribution in [0.1, 0.15) is 19.8 Å². The van der Waals surface area contributed by atoms with Crippen molar-refractivity contribution in [3.63, 3.8) is 0 Å². The minimum absolute atomic E-state index is 1.14. The number of allylic oxidation sites excluding steroid dienone is 9. The Morgan fingerprint density at radius 1 is 0.846 bits per heavy atom. The molecule has 0 aromatic carbocycles. The van der Waals surface area contributed by atoms with Crippen molar-refractivity contribution < 1.29 is 0 Å². The van der Waals surface area contributed by atoms with Gasteiger partial charge in [-0.25, -0.2) is 0 Å². The van der Waals surface area contributed by atoms with Gasteiger partial charge in [-0.3, -0.25) is 0 Å². The number of hydrogen-bond donors (Lipinski definition) is 0. The highest BCUT2D eigenvalue weighted by Gasteiger charge is 1.72. The van der Waals surface area contributed by atoms with Crippen LogP contribution in [0.15, 0.2) is 61.3 Å². The summed E-state index contributed by atoms with van der Waals surface area (Å²) in [5.41, 5.74) is 0. The molecular weight excluding hydrogens is 156 g/mol. The van der Waals surface area contributed by atoms with Crippen LogP contribution in [0, 0.1) is 0 Å². The minimum atomic E-state index is 1.14. The van der Waals surface area contributed by atoms with Gasteiger partial charge < -0.3 is 0 Å². The first-order chi connectivity index (χ1) is 6.41. The Morgan fingerprint density at radius 3 is 1.15 bits per heavy atom. The normalized spacial score (nSPS) is 14.5. The molecule has 0 radical (unpaired) electrons. The lowest BCUT2D eigenvalue weighted by molar-refractivity contribution is 1.45. The van der Waals surface area contributed by atoms with E-state index in [1.165, 1.54) is 0 Å². The predicted octanol–water partition coefficient (Wildman–Crippen LogP) is 4.20. The third-order valence-corrected chi connectivity index (χ3v) is 1.31. The lowest BCUT2D eigenvalue weighted by atomic mass is 10.5. The van der Waals surface area contributed by atoms with Crippen LogP contribution in [0.5, 0.6) is 0 Å². The van der Waals surface area contributed by atoms with Crippen molar-refractivity contribution in [1.82, 2.24) is 0 Å². The lowest BCUT2D eigenvalue weighted by Crippen LogP contribution is -1.37. The molecule has 0 aromatic heterocycles. The number of hydrogen-bond acceptors (Lipinski definition) is 0. The van der Waals surface area contributed by atoms with E-state index in [-0.39, 0.29) is 0 Å². The maximum Gasteiger partial charge on any atom is -0.0163 e. The van der Waals surface area contributed by atoms with Crippen molar-refractivity contribution in [3.8, 4) is 0 Å². The third-order valence-electron chi connectivity index (χ3n) is 1.31. The number of rotatable bonds is 0. The summed E-state index contributed by atoms with van der Waals surface area (Å²) < 4.78 is 0. The summed E-state index contributed by atoms with van der Waals surface area (Å²) in [7, 11) is 0. The highest BCUT2D eigenvalue weighted by molar-refractivity contribution is 5.12. The summed E-state index contributed by atoms with van der Waals surface area (Å²) in [6.45, 7) is 5.25. The summed E-state index contributed by atoms with van der Waals surface area (Å²) in [6, 6.07) is 0. The van der Waals surface area contributed by atoms with Crippen molar-refractivity contribution in [1.29, 1.82) is 0 Å². The van der Waals surface area contributed by atoms with Gasteiger partial charge in [-0.05, 0) is 19.8 Å². The smallest absolute Gasteiger partial charge is 0.0163 e. The molecule has 0 aliphatic heterocycles. The molecule has 0 bridgehead atoms. The topological polar surface area (TPSA) is 0 Å². The molecule has 0 saturated heterocycles. The van der Waals surface area contributed by atoms with E-state index in [1.807, 2.05) is 6.92 Å². The van der Waals surface area contributed by atoms with Crippen molar-refractivity contribution in [2.75, 3.05) is 0 Å². The molecule has 0 fully saturated rings. The van der Waals surface area contributed by atoms with Crippen LogP contribution < -0.4 is 0 Å². The monoisotopic (exact) mass is 174 g/mol. The van der Waals surface area contributed by atoms with Crippen LogP contribution >= 0.6 is 0 Å². The van der Waals surface area contributed by atoms with Crippen LogP contribution in [0.25, 0.3) is 0 Å². The van der Waals surface area contributed by atoms with Gasteiger partial charge in [-0.2, -0.15) is 0 Å². The van der Waals surface area contributed by atoms with Gasteiger partial charge in [0, 0.05) is 0 Å². The Morgan fingerprint density at radius 2 is 1.08 bits per heavy atom. The molecule has 2 aliphatic carbocycles. The first-order valence-corrected chi connectivity index (χ1v) is 4.62. The fourth-order valence-corrected chi connectivity index (χ4v) is 0.786. The standard InChI is InChI=1S/2C5H6.C3H6/c2*1-2-4-5-3-1;1-3-2/h2*1-4H,5H2;3H,1H2,2H3. The summed E-state index contributed by atoms with van der Waals surface area (Å²) >= 11 is 0. The van der Waals surface area contributed by atoms with E-state index in [2.05, 4.69) is 55.2 Å². The van der Waals surface area contributed by atoms with Crippen LogP contribution in [0.3, 0.4) is 0 Å². The van der Waals surface area contributed by atoms with E-state index in [9.17, 15) is 0 Å². The second-order valence-electron chi connectivity index (χ2n) is 2.59. The van der Waals surface area contributed by atoms with Gasteiger partial charge in [0.2, 0.25) is 0 Å². The fraction of sp³-hybridized carbons (Fsp3) is 0.231. The van der Waals surface area contributed by atoms with E-state index in [4.69, 9.17) is 0 Å². The van der Waals surface area contributed by atoms with Crippen LogP contribution in [-0.2, 0) is 0 Å². The largest absolute Gasteiger partial charge is 0.103 e. The molecule has 2 aliphatic rings. The Hall–Kier alpha value is -1.30. The molecular formula is C13H18. The Bertz CT molecular complexity index is 172. The maximum absolute atomic E-state index is 3.36. The van der Waals surface area contributed by atoms with Gasteiger partial charge in [-0.1, -0.05) is 54.7 Å². The molecule has 0 amide bonds. The van der Waals surface area contributed by atoms with Gasteiger partial charge in [0.05, 0.1) is 0 Å². The van der Waals surface area contributed by atoms with Gasteiger partial charge in [0.25, 0.3) is 0 Å². The summed E-state index contributed by atoms with van der Waals surface area (Å²) in [5.74, 6) is 0. The van der Waals surface area contributed by atoms with Gasteiger partial charge in [-0.15, -0.1) is 6.58 Å². The second-order valence-corrected chi connectivity index (χ2v) is 2.59. The first kappa shape index (κ1) is 11.7. The van der Waals surface area contributed by atoms with E-state index in [0.717, 1.165) is 12.8 Å². The molecule has 0 saturated carbocycles. The quantitative estimate of drug-likeness (QED) is 0.483. The molecule has 0 heteroatoms. The molecule has 0 aromatic rings. The fourth-order valence-electron chi connectivity index (χ4n) is 0.786. The van der Waals surface area contributed by atoms with E-state index >= 15 is 0 Å². The summed E-state index contributed by atoms with van der Waals surface area (Å²) in [4.78, 5) is 0. The van der Waals surface area contributed by atoms with Gasteiger partial charge >= 0.3 is 0 Å². The molecule has 0 unspecified atom stereocenters. The molecule has 70 valence electrons. The molecule has 2 rings (SSSR count). The third kappa shape index (κ3) is 10.7. The molecule has 0 heterocycles.